The third-order valence-corrected chi connectivity index (χ3v) is 2.63. The van der Waals surface area contributed by atoms with E-state index in [0.29, 0.717) is 4.90 Å². The highest BCUT2D eigenvalue weighted by Gasteiger charge is 2.42. The molecule has 0 radical (unpaired) electrons. The van der Waals surface area contributed by atoms with E-state index in [4.69, 9.17) is 9.84 Å². The Labute approximate surface area is 110 Å². The zero-order valence-electron chi connectivity index (χ0n) is 11.3. The van der Waals surface area contributed by atoms with Gasteiger partial charge in [0.05, 0.1) is 13.0 Å². The molecule has 0 saturated carbocycles. The second kappa shape index (κ2) is 5.30. The number of nitrogens with zero attached hydrogens (tertiary/aromatic N) is 1. The van der Waals surface area contributed by atoms with E-state index in [-0.39, 0.29) is 13.0 Å². The molecule has 0 aromatic carbocycles. The van der Waals surface area contributed by atoms with Gasteiger partial charge in [0.1, 0.15) is 5.60 Å². The number of halogens is 2. The topological polar surface area (TPSA) is 66.8 Å². The molecular weight excluding hydrogens is 260 g/mol. The standard InChI is InChI=1S/C12H19F2NO4/c1-11(2,3)19-9(16)4-8-5-12(13,14)7-15(6-8)10(17)18/h8H,4-7H2,1-3H3,(H,17,18)/t8-/m0/s1. The van der Waals surface area contributed by atoms with Crippen molar-refractivity contribution in [1.82, 2.24) is 4.90 Å². The van der Waals surface area contributed by atoms with Crippen molar-refractivity contribution in [3.63, 3.8) is 0 Å². The summed E-state index contributed by atoms with van der Waals surface area (Å²) in [5, 5.41) is 8.79. The minimum atomic E-state index is -3.09. The Morgan fingerprint density at radius 3 is 2.47 bits per heavy atom. The molecule has 1 heterocycles. The molecule has 1 atom stereocenters. The number of hydrogen-bond donors (Lipinski definition) is 1. The van der Waals surface area contributed by atoms with Gasteiger partial charge in [0, 0.05) is 13.0 Å². The Bertz CT molecular complexity index is 365. The van der Waals surface area contributed by atoms with Crippen LogP contribution in [0.1, 0.15) is 33.6 Å². The number of likely N-dealkylation sites (tertiary alicyclic amines) is 1. The van der Waals surface area contributed by atoms with Gasteiger partial charge in [0.25, 0.3) is 5.92 Å². The number of carboxylic acid groups (broad SMARTS) is 1. The number of ether oxygens (including phenoxy) is 1. The van der Waals surface area contributed by atoms with Crippen LogP contribution in [0.5, 0.6) is 0 Å². The Kier molecular flexibility index (Phi) is 4.37. The third-order valence-electron chi connectivity index (χ3n) is 2.63. The maximum absolute atomic E-state index is 13.4. The Balaban J connectivity index is 2.62. The fourth-order valence-electron chi connectivity index (χ4n) is 2.11. The number of rotatable bonds is 2. The second-order valence-corrected chi connectivity index (χ2v) is 5.88. The molecule has 1 aliphatic heterocycles. The van der Waals surface area contributed by atoms with E-state index >= 15 is 0 Å². The summed E-state index contributed by atoms with van der Waals surface area (Å²) in [7, 11) is 0. The molecule has 0 aromatic heterocycles. The van der Waals surface area contributed by atoms with Crippen LogP contribution in [0.4, 0.5) is 13.6 Å². The number of carbonyl (C=O) groups excluding carboxylic acids is 1. The molecule has 0 aromatic rings. The predicted octanol–water partition coefficient (Wildman–Crippen LogP) is 2.35. The summed E-state index contributed by atoms with van der Waals surface area (Å²) in [6.07, 6.45) is -2.08. The fraction of sp³-hybridized carbons (Fsp3) is 0.833. The van der Waals surface area contributed by atoms with E-state index < -0.39 is 42.5 Å². The maximum atomic E-state index is 13.4. The van der Waals surface area contributed by atoms with Crippen LogP contribution in [-0.4, -0.2) is 46.7 Å². The van der Waals surface area contributed by atoms with Gasteiger partial charge in [-0.05, 0) is 26.7 Å². The Morgan fingerprint density at radius 2 is 2.00 bits per heavy atom. The lowest BCUT2D eigenvalue weighted by Gasteiger charge is -2.35. The van der Waals surface area contributed by atoms with Crippen molar-refractivity contribution in [2.24, 2.45) is 5.92 Å². The van der Waals surface area contributed by atoms with Crippen molar-refractivity contribution in [1.29, 1.82) is 0 Å². The lowest BCUT2D eigenvalue weighted by Crippen LogP contribution is -2.49. The van der Waals surface area contributed by atoms with E-state index in [1.165, 1.54) is 0 Å². The number of piperidine rings is 1. The molecule has 1 fully saturated rings. The molecule has 1 saturated heterocycles. The molecule has 1 rings (SSSR count). The molecule has 0 unspecified atom stereocenters. The Morgan fingerprint density at radius 1 is 1.42 bits per heavy atom. The summed E-state index contributed by atoms with van der Waals surface area (Å²) < 4.78 is 31.8. The fourth-order valence-corrected chi connectivity index (χ4v) is 2.11. The number of esters is 1. The van der Waals surface area contributed by atoms with Crippen LogP contribution in [0, 0.1) is 5.92 Å². The minimum Gasteiger partial charge on any atom is -0.465 e. The van der Waals surface area contributed by atoms with Gasteiger partial charge >= 0.3 is 12.1 Å². The molecule has 7 heteroatoms. The number of hydrogen-bond acceptors (Lipinski definition) is 3. The highest BCUT2D eigenvalue weighted by Crippen LogP contribution is 2.32. The molecule has 0 aliphatic carbocycles. The molecule has 1 amide bonds. The number of amides is 1. The first kappa shape index (κ1) is 15.7. The molecule has 110 valence electrons. The van der Waals surface area contributed by atoms with Crippen molar-refractivity contribution in [3.05, 3.63) is 0 Å². The summed E-state index contributed by atoms with van der Waals surface area (Å²) in [5.41, 5.74) is -0.680. The van der Waals surface area contributed by atoms with Crippen molar-refractivity contribution in [2.75, 3.05) is 13.1 Å². The zero-order valence-corrected chi connectivity index (χ0v) is 11.3. The SMILES string of the molecule is CC(C)(C)OC(=O)C[C@@H]1CN(C(=O)O)CC(F)(F)C1. The van der Waals surface area contributed by atoms with E-state index in [0.717, 1.165) is 0 Å². The van der Waals surface area contributed by atoms with E-state index in [1.807, 2.05) is 0 Å². The first-order chi connectivity index (χ1) is 8.48. The summed E-state index contributed by atoms with van der Waals surface area (Å²) in [6, 6.07) is 0. The van der Waals surface area contributed by atoms with Gasteiger partial charge in [-0.25, -0.2) is 13.6 Å². The smallest absolute Gasteiger partial charge is 0.407 e. The van der Waals surface area contributed by atoms with Gasteiger partial charge in [0.15, 0.2) is 0 Å². The van der Waals surface area contributed by atoms with Gasteiger partial charge in [-0.2, -0.15) is 0 Å². The van der Waals surface area contributed by atoms with Crippen LogP contribution in [0.3, 0.4) is 0 Å². The quantitative estimate of drug-likeness (QED) is 0.788. The average Bonchev–Trinajstić information content (AvgIpc) is 2.10. The lowest BCUT2D eigenvalue weighted by molar-refractivity contribution is -0.158. The first-order valence-electron chi connectivity index (χ1n) is 6.06. The van der Waals surface area contributed by atoms with Crippen molar-refractivity contribution in [3.8, 4) is 0 Å². The van der Waals surface area contributed by atoms with Gasteiger partial charge in [-0.15, -0.1) is 0 Å². The number of carbonyl (C=O) groups is 2. The van der Waals surface area contributed by atoms with Gasteiger partial charge in [0.2, 0.25) is 0 Å². The molecule has 19 heavy (non-hydrogen) atoms. The monoisotopic (exact) mass is 279 g/mol. The van der Waals surface area contributed by atoms with Gasteiger partial charge in [-0.1, -0.05) is 0 Å². The van der Waals surface area contributed by atoms with Crippen molar-refractivity contribution >= 4 is 12.1 Å². The van der Waals surface area contributed by atoms with Crippen LogP contribution >= 0.6 is 0 Å². The molecule has 0 bridgehead atoms. The minimum absolute atomic E-state index is 0.0653. The van der Waals surface area contributed by atoms with Crippen LogP contribution in [0.15, 0.2) is 0 Å². The highest BCUT2D eigenvalue weighted by molar-refractivity contribution is 5.70. The van der Waals surface area contributed by atoms with E-state index in [2.05, 4.69) is 0 Å². The summed E-state index contributed by atoms with van der Waals surface area (Å²) in [5.74, 6) is -4.39. The first-order valence-corrected chi connectivity index (χ1v) is 6.06. The van der Waals surface area contributed by atoms with Crippen LogP contribution in [-0.2, 0) is 9.53 Å². The lowest BCUT2D eigenvalue weighted by atomic mass is 9.92. The Hall–Kier alpha value is -1.40. The third kappa shape index (κ3) is 5.40. The van der Waals surface area contributed by atoms with E-state index in [1.54, 1.807) is 20.8 Å². The average molecular weight is 279 g/mol. The van der Waals surface area contributed by atoms with E-state index in [9.17, 15) is 18.4 Å². The molecule has 1 N–H and O–H groups in total. The summed E-state index contributed by atoms with van der Waals surface area (Å²) in [4.78, 5) is 23.0. The molecular formula is C12H19F2NO4. The molecule has 5 nitrogen and oxygen atoms in total. The largest absolute Gasteiger partial charge is 0.465 e. The van der Waals surface area contributed by atoms with Gasteiger partial charge < -0.3 is 14.7 Å². The maximum Gasteiger partial charge on any atom is 0.407 e. The van der Waals surface area contributed by atoms with Crippen LogP contribution < -0.4 is 0 Å². The van der Waals surface area contributed by atoms with Gasteiger partial charge in [-0.3, -0.25) is 4.79 Å². The normalized spacial score (nSPS) is 23.0. The summed E-state index contributed by atoms with van der Waals surface area (Å²) in [6.45, 7) is 4.18. The van der Waals surface area contributed by atoms with Crippen LogP contribution in [0.2, 0.25) is 0 Å². The van der Waals surface area contributed by atoms with Crippen molar-refractivity contribution < 1.29 is 28.2 Å². The van der Waals surface area contributed by atoms with Crippen LogP contribution in [0.25, 0.3) is 0 Å². The van der Waals surface area contributed by atoms with Crippen molar-refractivity contribution in [2.45, 2.75) is 45.1 Å². The number of alkyl halides is 2. The molecule has 1 aliphatic rings. The molecule has 0 spiro atoms. The summed E-state index contributed by atoms with van der Waals surface area (Å²) >= 11 is 0. The second-order valence-electron chi connectivity index (χ2n) is 5.88. The predicted molar refractivity (Wildman–Crippen MR) is 63.1 cm³/mol. The highest BCUT2D eigenvalue weighted by atomic mass is 19.3. The zero-order chi connectivity index (χ0) is 14.8.